The molecule has 0 aromatic carbocycles. The van der Waals surface area contributed by atoms with E-state index < -0.39 is 5.97 Å². The maximum absolute atomic E-state index is 12.5. The quantitative estimate of drug-likeness (QED) is 0.492. The van der Waals surface area contributed by atoms with E-state index in [4.69, 9.17) is 10.5 Å². The largest absolute Gasteiger partial charge is 0.462 e. The highest BCUT2D eigenvalue weighted by Crippen LogP contribution is 2.24. The molecule has 8 heteroatoms. The van der Waals surface area contributed by atoms with Crippen LogP contribution in [0.4, 0.5) is 5.82 Å². The molecule has 2 heterocycles. The van der Waals surface area contributed by atoms with Crippen molar-refractivity contribution >= 4 is 29.5 Å². The van der Waals surface area contributed by atoms with Gasteiger partial charge in [-0.05, 0) is 26.7 Å². The second-order valence-electron chi connectivity index (χ2n) is 5.67. The number of likely N-dealkylation sites (tertiary alicyclic amines) is 1. The van der Waals surface area contributed by atoms with Gasteiger partial charge in [-0.25, -0.2) is 14.8 Å². The topological polar surface area (TPSA) is 98.4 Å². The Morgan fingerprint density at radius 2 is 2.00 bits per heavy atom. The molecule has 7 nitrogen and oxygen atoms in total. The maximum atomic E-state index is 12.5. The molecule has 1 saturated heterocycles. The van der Waals surface area contributed by atoms with Crippen molar-refractivity contribution in [3.63, 3.8) is 0 Å². The van der Waals surface area contributed by atoms with Gasteiger partial charge in [0.1, 0.15) is 11.4 Å². The van der Waals surface area contributed by atoms with Gasteiger partial charge < -0.3 is 15.4 Å². The molecule has 1 aliphatic heterocycles. The SMILES string of the molecule is CCOC(=O)c1cnc(S[C@@H](C)C(=O)N2CCCCCC2)nc1N. The second-order valence-corrected chi connectivity index (χ2v) is 6.98. The number of nitrogens with two attached hydrogens (primary N) is 1. The van der Waals surface area contributed by atoms with Crippen molar-refractivity contribution < 1.29 is 14.3 Å². The van der Waals surface area contributed by atoms with Crippen molar-refractivity contribution in [2.24, 2.45) is 0 Å². The molecule has 1 aliphatic rings. The fourth-order valence-corrected chi connectivity index (χ4v) is 3.39. The van der Waals surface area contributed by atoms with Crippen LogP contribution in [0, 0.1) is 0 Å². The van der Waals surface area contributed by atoms with Crippen LogP contribution in [0.25, 0.3) is 0 Å². The van der Waals surface area contributed by atoms with Crippen LogP contribution in [0.2, 0.25) is 0 Å². The molecule has 1 aromatic rings. The van der Waals surface area contributed by atoms with E-state index in [1.165, 1.54) is 30.8 Å². The summed E-state index contributed by atoms with van der Waals surface area (Å²) in [6, 6.07) is 0. The Bertz CT molecular complexity index is 589. The Labute approximate surface area is 146 Å². The number of thioether (sulfide) groups is 1. The molecule has 0 aliphatic carbocycles. The first kappa shape index (κ1) is 18.5. The molecule has 132 valence electrons. The molecular formula is C16H24N4O3S. The lowest BCUT2D eigenvalue weighted by molar-refractivity contribution is -0.130. The first-order chi connectivity index (χ1) is 11.5. The van der Waals surface area contributed by atoms with Gasteiger partial charge in [0.25, 0.3) is 0 Å². The number of esters is 1. The van der Waals surface area contributed by atoms with Crippen molar-refractivity contribution in [1.82, 2.24) is 14.9 Å². The molecule has 1 amide bonds. The number of hydrogen-bond acceptors (Lipinski definition) is 7. The number of carbonyl (C=O) groups excluding carboxylic acids is 2. The number of anilines is 1. The molecule has 0 bridgehead atoms. The van der Waals surface area contributed by atoms with Crippen LogP contribution in [-0.4, -0.2) is 51.7 Å². The molecule has 0 saturated carbocycles. The highest BCUT2D eigenvalue weighted by Gasteiger charge is 2.24. The second kappa shape index (κ2) is 8.86. The molecule has 2 rings (SSSR count). The fourth-order valence-electron chi connectivity index (χ4n) is 2.56. The monoisotopic (exact) mass is 352 g/mol. The van der Waals surface area contributed by atoms with Crippen LogP contribution in [0.15, 0.2) is 11.4 Å². The third-order valence-corrected chi connectivity index (χ3v) is 4.80. The third kappa shape index (κ3) is 4.83. The van der Waals surface area contributed by atoms with Gasteiger partial charge in [0, 0.05) is 19.3 Å². The third-order valence-electron chi connectivity index (χ3n) is 3.84. The Hall–Kier alpha value is -1.83. The number of rotatable bonds is 5. The van der Waals surface area contributed by atoms with Crippen LogP contribution >= 0.6 is 11.8 Å². The van der Waals surface area contributed by atoms with Crippen molar-refractivity contribution in [2.45, 2.75) is 49.9 Å². The highest BCUT2D eigenvalue weighted by atomic mass is 32.2. The molecule has 2 N–H and O–H groups in total. The van der Waals surface area contributed by atoms with Gasteiger partial charge in [-0.15, -0.1) is 0 Å². The Morgan fingerprint density at radius 3 is 2.58 bits per heavy atom. The van der Waals surface area contributed by atoms with Gasteiger partial charge in [0.2, 0.25) is 5.91 Å². The van der Waals surface area contributed by atoms with E-state index in [0.29, 0.717) is 5.16 Å². The lowest BCUT2D eigenvalue weighted by Crippen LogP contribution is -2.37. The first-order valence-corrected chi connectivity index (χ1v) is 9.16. The molecule has 1 aromatic heterocycles. The standard InChI is InChI=1S/C16H24N4O3S/c1-3-23-15(22)12-10-18-16(19-13(12)17)24-11(2)14(21)20-8-6-4-5-7-9-20/h10-11H,3-9H2,1-2H3,(H2,17,18,19)/t11-/m0/s1. The Kier molecular flexibility index (Phi) is 6.84. The summed E-state index contributed by atoms with van der Waals surface area (Å²) < 4.78 is 4.89. The summed E-state index contributed by atoms with van der Waals surface area (Å²) in [6.45, 7) is 5.45. The number of carbonyl (C=O) groups is 2. The van der Waals surface area contributed by atoms with Gasteiger partial charge in [-0.1, -0.05) is 24.6 Å². The van der Waals surface area contributed by atoms with Crippen LogP contribution in [0.3, 0.4) is 0 Å². The van der Waals surface area contributed by atoms with Gasteiger partial charge in [-0.2, -0.15) is 0 Å². The van der Waals surface area contributed by atoms with Crippen molar-refractivity contribution in [1.29, 1.82) is 0 Å². The number of nitrogen functional groups attached to an aromatic ring is 1. The van der Waals surface area contributed by atoms with Gasteiger partial charge in [0.05, 0.1) is 11.9 Å². The minimum atomic E-state index is -0.541. The van der Waals surface area contributed by atoms with E-state index in [0.717, 1.165) is 25.9 Å². The maximum Gasteiger partial charge on any atom is 0.343 e. The number of hydrogen-bond donors (Lipinski definition) is 1. The van der Waals surface area contributed by atoms with Gasteiger partial charge in [0.15, 0.2) is 5.16 Å². The Morgan fingerprint density at radius 1 is 1.33 bits per heavy atom. The van der Waals surface area contributed by atoms with Crippen LogP contribution in [-0.2, 0) is 9.53 Å². The molecule has 24 heavy (non-hydrogen) atoms. The smallest absolute Gasteiger partial charge is 0.343 e. The van der Waals surface area contributed by atoms with Gasteiger partial charge >= 0.3 is 5.97 Å². The van der Waals surface area contributed by atoms with E-state index in [1.54, 1.807) is 6.92 Å². The van der Waals surface area contributed by atoms with Crippen molar-refractivity contribution in [2.75, 3.05) is 25.4 Å². The van der Waals surface area contributed by atoms with E-state index in [1.807, 2.05) is 11.8 Å². The summed E-state index contributed by atoms with van der Waals surface area (Å²) in [5, 5.41) is 0.0900. The molecular weight excluding hydrogens is 328 g/mol. The summed E-state index contributed by atoms with van der Waals surface area (Å²) in [5.41, 5.74) is 5.95. The highest BCUT2D eigenvalue weighted by molar-refractivity contribution is 8.00. The summed E-state index contributed by atoms with van der Waals surface area (Å²) in [4.78, 5) is 34.4. The zero-order valence-electron chi connectivity index (χ0n) is 14.2. The van der Waals surface area contributed by atoms with E-state index >= 15 is 0 Å². The van der Waals surface area contributed by atoms with Crippen LogP contribution in [0.1, 0.15) is 49.9 Å². The summed E-state index contributed by atoms with van der Waals surface area (Å²) >= 11 is 1.25. The minimum absolute atomic E-state index is 0.0698. The van der Waals surface area contributed by atoms with Crippen molar-refractivity contribution in [3.8, 4) is 0 Å². The predicted molar refractivity (Wildman–Crippen MR) is 92.8 cm³/mol. The van der Waals surface area contributed by atoms with Gasteiger partial charge in [-0.3, -0.25) is 4.79 Å². The van der Waals surface area contributed by atoms with Crippen molar-refractivity contribution in [3.05, 3.63) is 11.8 Å². The number of ether oxygens (including phenoxy) is 1. The average molecular weight is 352 g/mol. The lowest BCUT2D eigenvalue weighted by Gasteiger charge is -2.23. The summed E-state index contributed by atoms with van der Waals surface area (Å²) in [5.74, 6) is -0.376. The average Bonchev–Trinajstić information content (AvgIpc) is 2.83. The summed E-state index contributed by atoms with van der Waals surface area (Å²) in [7, 11) is 0. The predicted octanol–water partition coefficient (Wildman–Crippen LogP) is 2.12. The van der Waals surface area contributed by atoms with Crippen LogP contribution in [0.5, 0.6) is 0 Å². The van der Waals surface area contributed by atoms with E-state index in [2.05, 4.69) is 9.97 Å². The normalized spacial score (nSPS) is 16.3. The zero-order valence-corrected chi connectivity index (χ0v) is 15.0. The fraction of sp³-hybridized carbons (Fsp3) is 0.625. The van der Waals surface area contributed by atoms with Crippen LogP contribution < -0.4 is 5.73 Å². The number of amides is 1. The zero-order chi connectivity index (χ0) is 17.5. The molecule has 1 fully saturated rings. The molecule has 0 radical (unpaired) electrons. The first-order valence-electron chi connectivity index (χ1n) is 8.28. The number of nitrogens with zero attached hydrogens (tertiary/aromatic N) is 3. The number of aromatic nitrogens is 2. The summed E-state index contributed by atoms with van der Waals surface area (Å²) in [6.07, 6.45) is 5.83. The molecule has 0 spiro atoms. The molecule has 0 unspecified atom stereocenters. The van der Waals surface area contributed by atoms with E-state index in [9.17, 15) is 9.59 Å². The lowest BCUT2D eigenvalue weighted by atomic mass is 10.2. The molecule has 1 atom stereocenters. The Balaban J connectivity index is 2.00. The van der Waals surface area contributed by atoms with E-state index in [-0.39, 0.29) is 29.1 Å². The minimum Gasteiger partial charge on any atom is -0.462 e.